The van der Waals surface area contributed by atoms with Crippen LogP contribution in [0.1, 0.15) is 23.8 Å². The number of aromatic nitrogens is 2. The maximum atomic E-state index is 12.0. The first-order chi connectivity index (χ1) is 9.20. The van der Waals surface area contributed by atoms with Crippen molar-refractivity contribution in [2.24, 2.45) is 0 Å². The van der Waals surface area contributed by atoms with Crippen molar-refractivity contribution in [3.63, 3.8) is 0 Å². The molecule has 1 amide bonds. The second-order valence-electron chi connectivity index (χ2n) is 3.79. The summed E-state index contributed by atoms with van der Waals surface area (Å²) in [5.41, 5.74) is 0.144. The van der Waals surface area contributed by atoms with Crippen LogP contribution in [0.25, 0.3) is 0 Å². The predicted octanol–water partition coefficient (Wildman–Crippen LogP) is 2.80. The van der Waals surface area contributed by atoms with E-state index in [1.54, 1.807) is 12.1 Å². The molecule has 0 fully saturated rings. The minimum atomic E-state index is -0.431. The van der Waals surface area contributed by atoms with E-state index in [1.807, 2.05) is 6.92 Å². The van der Waals surface area contributed by atoms with Crippen molar-refractivity contribution in [3.8, 4) is 0 Å². The largest absolute Gasteiger partial charge is 0.370 e. The molecule has 2 rings (SSSR count). The zero-order chi connectivity index (χ0) is 13.7. The topological polar surface area (TPSA) is 80.0 Å². The van der Waals surface area contributed by atoms with E-state index in [9.17, 15) is 4.79 Å². The van der Waals surface area contributed by atoms with Crippen molar-refractivity contribution >= 4 is 29.1 Å². The summed E-state index contributed by atoms with van der Waals surface area (Å²) in [6.45, 7) is 2.82. The van der Waals surface area contributed by atoms with Crippen LogP contribution in [-0.2, 0) is 0 Å². The Hall–Kier alpha value is -2.08. The van der Waals surface area contributed by atoms with Gasteiger partial charge in [0.1, 0.15) is 17.8 Å². The summed E-state index contributed by atoms with van der Waals surface area (Å²) >= 11 is 5.97. The number of halogens is 1. The highest BCUT2D eigenvalue weighted by molar-refractivity contribution is 6.34. The maximum Gasteiger partial charge on any atom is 0.277 e. The highest BCUT2D eigenvalue weighted by atomic mass is 35.5. The fourth-order valence-electron chi connectivity index (χ4n) is 1.41. The first-order valence-corrected chi connectivity index (χ1v) is 6.20. The van der Waals surface area contributed by atoms with E-state index in [4.69, 9.17) is 11.6 Å². The third-order valence-electron chi connectivity index (χ3n) is 2.30. The number of hydrogen-bond acceptors (Lipinski definition) is 5. The summed E-state index contributed by atoms with van der Waals surface area (Å²) in [5, 5.41) is 9.51. The van der Waals surface area contributed by atoms with Crippen molar-refractivity contribution in [2.45, 2.75) is 13.3 Å². The number of pyridine rings is 1. The molecular formula is C12H13ClN4O2. The molecule has 6 nitrogen and oxygen atoms in total. The summed E-state index contributed by atoms with van der Waals surface area (Å²) < 4.78 is 4.63. The molecule has 0 unspecified atom stereocenters. The Balaban J connectivity index is 2.15. The normalized spacial score (nSPS) is 10.2. The Morgan fingerprint density at radius 1 is 1.37 bits per heavy atom. The van der Waals surface area contributed by atoms with Gasteiger partial charge in [0.05, 0.1) is 5.02 Å². The first-order valence-electron chi connectivity index (χ1n) is 5.83. The maximum absolute atomic E-state index is 12.0. The number of carbonyl (C=O) groups excluding carboxylic acids is 1. The van der Waals surface area contributed by atoms with Gasteiger partial charge in [0.25, 0.3) is 5.91 Å². The molecule has 19 heavy (non-hydrogen) atoms. The highest BCUT2D eigenvalue weighted by Gasteiger charge is 2.14. The molecule has 2 heterocycles. The fraction of sp³-hybridized carbons (Fsp3) is 0.250. The lowest BCUT2D eigenvalue weighted by Gasteiger charge is -2.07. The van der Waals surface area contributed by atoms with Gasteiger partial charge < -0.3 is 15.2 Å². The summed E-state index contributed by atoms with van der Waals surface area (Å²) in [5.74, 6) is 0.491. The lowest BCUT2D eigenvalue weighted by atomic mass is 10.3. The van der Waals surface area contributed by atoms with E-state index in [1.165, 1.54) is 12.3 Å². The van der Waals surface area contributed by atoms with Gasteiger partial charge in [0.2, 0.25) is 0 Å². The van der Waals surface area contributed by atoms with Crippen molar-refractivity contribution in [2.75, 3.05) is 17.2 Å². The van der Waals surface area contributed by atoms with Crippen molar-refractivity contribution in [1.29, 1.82) is 0 Å². The Kier molecular flexibility index (Phi) is 4.35. The molecule has 0 aliphatic heterocycles. The van der Waals surface area contributed by atoms with Crippen molar-refractivity contribution in [3.05, 3.63) is 35.2 Å². The number of nitrogens with zero attached hydrogens (tertiary/aromatic N) is 2. The smallest absolute Gasteiger partial charge is 0.277 e. The van der Waals surface area contributed by atoms with Gasteiger partial charge in [0, 0.05) is 12.6 Å². The van der Waals surface area contributed by atoms with Gasteiger partial charge in [-0.2, -0.15) is 0 Å². The SMILES string of the molecule is CCCNc1ccc(Cl)c(C(=O)Nc2ccon2)n1. The molecule has 0 atom stereocenters. The van der Waals surface area contributed by atoms with Gasteiger partial charge in [0.15, 0.2) is 5.82 Å². The molecule has 0 spiro atoms. The van der Waals surface area contributed by atoms with Gasteiger partial charge in [-0.25, -0.2) is 4.98 Å². The fourth-order valence-corrected chi connectivity index (χ4v) is 1.60. The van der Waals surface area contributed by atoms with Crippen molar-refractivity contribution in [1.82, 2.24) is 10.1 Å². The summed E-state index contributed by atoms with van der Waals surface area (Å²) in [7, 11) is 0. The molecule has 0 aromatic carbocycles. The molecule has 0 aliphatic rings. The average Bonchev–Trinajstić information content (AvgIpc) is 2.90. The van der Waals surface area contributed by atoms with E-state index in [2.05, 4.69) is 25.3 Å². The third-order valence-corrected chi connectivity index (χ3v) is 2.60. The summed E-state index contributed by atoms with van der Waals surface area (Å²) in [6, 6.07) is 4.89. The van der Waals surface area contributed by atoms with Gasteiger partial charge >= 0.3 is 0 Å². The highest BCUT2D eigenvalue weighted by Crippen LogP contribution is 2.18. The first kappa shape index (κ1) is 13.4. The molecule has 2 aromatic rings. The minimum Gasteiger partial charge on any atom is -0.370 e. The number of nitrogens with one attached hydrogen (secondary N) is 2. The van der Waals surface area contributed by atoms with Crippen LogP contribution in [0, 0.1) is 0 Å². The van der Waals surface area contributed by atoms with Crippen LogP contribution in [-0.4, -0.2) is 22.6 Å². The second kappa shape index (κ2) is 6.19. The van der Waals surface area contributed by atoms with E-state index in [0.29, 0.717) is 11.6 Å². The molecule has 2 aromatic heterocycles. The zero-order valence-corrected chi connectivity index (χ0v) is 11.1. The average molecular weight is 281 g/mol. The van der Waals surface area contributed by atoms with Crippen LogP contribution in [0.2, 0.25) is 5.02 Å². The number of rotatable bonds is 5. The van der Waals surface area contributed by atoms with E-state index in [-0.39, 0.29) is 10.7 Å². The molecule has 7 heteroatoms. The lowest BCUT2D eigenvalue weighted by Crippen LogP contribution is -2.15. The number of anilines is 2. The van der Waals surface area contributed by atoms with Crippen LogP contribution in [0.3, 0.4) is 0 Å². The van der Waals surface area contributed by atoms with E-state index >= 15 is 0 Å². The second-order valence-corrected chi connectivity index (χ2v) is 4.20. The number of hydrogen-bond donors (Lipinski definition) is 2. The van der Waals surface area contributed by atoms with E-state index in [0.717, 1.165) is 13.0 Å². The zero-order valence-electron chi connectivity index (χ0n) is 10.3. The Labute approximate surface area is 115 Å². The van der Waals surface area contributed by atoms with Gasteiger partial charge in [-0.05, 0) is 18.6 Å². The van der Waals surface area contributed by atoms with Crippen molar-refractivity contribution < 1.29 is 9.32 Å². The predicted molar refractivity (Wildman–Crippen MR) is 72.5 cm³/mol. The Morgan fingerprint density at radius 3 is 2.89 bits per heavy atom. The third kappa shape index (κ3) is 3.45. The van der Waals surface area contributed by atoms with Crippen LogP contribution < -0.4 is 10.6 Å². The molecule has 0 aliphatic carbocycles. The standard InChI is InChI=1S/C12H13ClN4O2/c1-2-6-14-9-4-3-8(13)11(15-9)12(18)16-10-5-7-19-17-10/h3-5,7H,2,6H2,1H3,(H,14,15)(H,16,17,18). The van der Waals surface area contributed by atoms with Gasteiger partial charge in [-0.1, -0.05) is 23.7 Å². The van der Waals surface area contributed by atoms with Crippen LogP contribution in [0.5, 0.6) is 0 Å². The Bertz CT molecular complexity index is 557. The molecule has 2 N–H and O–H groups in total. The van der Waals surface area contributed by atoms with Crippen LogP contribution in [0.15, 0.2) is 29.0 Å². The van der Waals surface area contributed by atoms with Gasteiger partial charge in [-0.15, -0.1) is 0 Å². The molecule has 0 radical (unpaired) electrons. The summed E-state index contributed by atoms with van der Waals surface area (Å²) in [4.78, 5) is 16.2. The quantitative estimate of drug-likeness (QED) is 0.880. The van der Waals surface area contributed by atoms with Crippen LogP contribution >= 0.6 is 11.6 Å². The summed E-state index contributed by atoms with van der Waals surface area (Å²) in [6.07, 6.45) is 2.33. The molecular weight excluding hydrogens is 268 g/mol. The minimum absolute atomic E-state index is 0.144. The number of amides is 1. The molecule has 0 bridgehead atoms. The van der Waals surface area contributed by atoms with Crippen LogP contribution in [0.4, 0.5) is 11.6 Å². The molecule has 0 saturated carbocycles. The molecule has 100 valence electrons. The Morgan fingerprint density at radius 2 is 2.21 bits per heavy atom. The number of carbonyl (C=O) groups is 1. The lowest BCUT2D eigenvalue weighted by molar-refractivity contribution is 0.102. The van der Waals surface area contributed by atoms with E-state index < -0.39 is 5.91 Å². The van der Waals surface area contributed by atoms with Gasteiger partial charge in [-0.3, -0.25) is 4.79 Å². The molecule has 0 saturated heterocycles. The monoisotopic (exact) mass is 280 g/mol.